The van der Waals surface area contributed by atoms with Crippen molar-refractivity contribution in [1.82, 2.24) is 0 Å². The Labute approximate surface area is 93.2 Å². The largest absolute Gasteiger partial charge is 0.462 e. The molecule has 0 spiro atoms. The molecule has 0 radical (unpaired) electrons. The van der Waals surface area contributed by atoms with Gasteiger partial charge in [-0.2, -0.15) is 0 Å². The Morgan fingerprint density at radius 2 is 2.06 bits per heavy atom. The van der Waals surface area contributed by atoms with Gasteiger partial charge in [0.25, 0.3) is 5.92 Å². The third kappa shape index (κ3) is 2.78. The number of esters is 1. The van der Waals surface area contributed by atoms with Crippen LogP contribution in [0.2, 0.25) is 0 Å². The molecule has 88 valence electrons. The van der Waals surface area contributed by atoms with Gasteiger partial charge in [0.2, 0.25) is 0 Å². The van der Waals surface area contributed by atoms with E-state index < -0.39 is 11.9 Å². The number of carbonyl (C=O) groups is 1. The third-order valence-corrected chi connectivity index (χ3v) is 2.24. The zero-order chi connectivity index (χ0) is 12.2. The lowest BCUT2D eigenvalue weighted by molar-refractivity contribution is -0.00835. The number of hydrogen-bond donors (Lipinski definition) is 0. The highest BCUT2D eigenvalue weighted by Crippen LogP contribution is 2.31. The maximum absolute atomic E-state index is 13.4. The van der Waals surface area contributed by atoms with E-state index in [-0.39, 0.29) is 24.2 Å². The van der Waals surface area contributed by atoms with Crippen LogP contribution in [0.25, 0.3) is 0 Å². The Morgan fingerprint density at radius 1 is 1.38 bits per heavy atom. The number of halogens is 2. The van der Waals surface area contributed by atoms with Gasteiger partial charge in [-0.05, 0) is 19.1 Å². The number of hydrogen-bond acceptors (Lipinski definition) is 2. The van der Waals surface area contributed by atoms with Crippen LogP contribution in [0.1, 0.15) is 36.2 Å². The smallest absolute Gasteiger partial charge is 0.338 e. The van der Waals surface area contributed by atoms with Crippen LogP contribution in [0, 0.1) is 0 Å². The van der Waals surface area contributed by atoms with Crippen molar-refractivity contribution in [1.29, 1.82) is 0 Å². The van der Waals surface area contributed by atoms with Gasteiger partial charge in [0.1, 0.15) is 0 Å². The van der Waals surface area contributed by atoms with E-state index >= 15 is 0 Å². The Bertz CT molecular complexity index is 375. The summed E-state index contributed by atoms with van der Waals surface area (Å²) in [6, 6.07) is 5.39. The minimum atomic E-state index is -2.90. The minimum absolute atomic E-state index is 0.152. The molecule has 4 heteroatoms. The summed E-state index contributed by atoms with van der Waals surface area (Å²) in [5, 5.41) is 0. The molecule has 0 fully saturated rings. The SMILES string of the molecule is CCOC(=O)c1cccc(C(F)(F)CC)c1. The average Bonchev–Trinajstić information content (AvgIpc) is 2.29. The van der Waals surface area contributed by atoms with Gasteiger partial charge in [-0.15, -0.1) is 0 Å². The first kappa shape index (κ1) is 12.6. The number of alkyl halides is 2. The summed E-state index contributed by atoms with van der Waals surface area (Å²) in [7, 11) is 0. The Morgan fingerprint density at radius 3 is 2.62 bits per heavy atom. The van der Waals surface area contributed by atoms with E-state index in [0.717, 1.165) is 0 Å². The Kier molecular flexibility index (Phi) is 3.99. The van der Waals surface area contributed by atoms with Crippen molar-refractivity contribution in [3.63, 3.8) is 0 Å². The summed E-state index contributed by atoms with van der Waals surface area (Å²) in [6.45, 7) is 3.30. The molecule has 0 saturated carbocycles. The molecule has 0 aliphatic rings. The van der Waals surface area contributed by atoms with Gasteiger partial charge >= 0.3 is 5.97 Å². The van der Waals surface area contributed by atoms with E-state index in [0.29, 0.717) is 0 Å². The van der Waals surface area contributed by atoms with Crippen LogP contribution in [0.4, 0.5) is 8.78 Å². The van der Waals surface area contributed by atoms with Crippen LogP contribution < -0.4 is 0 Å². The van der Waals surface area contributed by atoms with Gasteiger partial charge in [-0.25, -0.2) is 13.6 Å². The van der Waals surface area contributed by atoms with E-state index in [1.165, 1.54) is 31.2 Å². The van der Waals surface area contributed by atoms with Crippen LogP contribution in [0.15, 0.2) is 24.3 Å². The molecule has 0 atom stereocenters. The van der Waals surface area contributed by atoms with Crippen LogP contribution in [-0.2, 0) is 10.7 Å². The van der Waals surface area contributed by atoms with Crippen molar-refractivity contribution in [2.24, 2.45) is 0 Å². The second-order valence-electron chi connectivity index (χ2n) is 3.36. The van der Waals surface area contributed by atoms with Gasteiger partial charge in [0.15, 0.2) is 0 Å². The van der Waals surface area contributed by atoms with Gasteiger partial charge < -0.3 is 4.74 Å². The van der Waals surface area contributed by atoms with E-state index in [9.17, 15) is 13.6 Å². The molecule has 0 unspecified atom stereocenters. The predicted octanol–water partition coefficient (Wildman–Crippen LogP) is 3.37. The second kappa shape index (κ2) is 5.05. The number of benzene rings is 1. The maximum atomic E-state index is 13.4. The fraction of sp³-hybridized carbons (Fsp3) is 0.417. The summed E-state index contributed by atoms with van der Waals surface area (Å²) < 4.78 is 31.5. The van der Waals surface area contributed by atoms with Crippen LogP contribution in [0.3, 0.4) is 0 Å². The minimum Gasteiger partial charge on any atom is -0.462 e. The summed E-state index contributed by atoms with van der Waals surface area (Å²) in [4.78, 5) is 11.3. The van der Waals surface area contributed by atoms with Gasteiger partial charge in [0, 0.05) is 12.0 Å². The van der Waals surface area contributed by atoms with Gasteiger partial charge in [0.05, 0.1) is 12.2 Å². The molecule has 0 saturated heterocycles. The zero-order valence-electron chi connectivity index (χ0n) is 9.30. The molecular formula is C12H14F2O2. The Hall–Kier alpha value is -1.45. The van der Waals surface area contributed by atoms with Gasteiger partial charge in [-0.3, -0.25) is 0 Å². The topological polar surface area (TPSA) is 26.3 Å². The third-order valence-electron chi connectivity index (χ3n) is 2.24. The van der Waals surface area contributed by atoms with E-state index in [2.05, 4.69) is 0 Å². The zero-order valence-corrected chi connectivity index (χ0v) is 9.30. The number of rotatable bonds is 4. The summed E-state index contributed by atoms with van der Waals surface area (Å²) in [6.07, 6.45) is -0.292. The summed E-state index contributed by atoms with van der Waals surface area (Å²) >= 11 is 0. The molecular weight excluding hydrogens is 214 g/mol. The maximum Gasteiger partial charge on any atom is 0.338 e. The first-order chi connectivity index (χ1) is 7.51. The first-order valence-corrected chi connectivity index (χ1v) is 5.16. The monoisotopic (exact) mass is 228 g/mol. The summed E-state index contributed by atoms with van der Waals surface area (Å²) in [5.41, 5.74) is 0.00743. The summed E-state index contributed by atoms with van der Waals surface area (Å²) in [5.74, 6) is -3.47. The molecule has 1 aromatic rings. The van der Waals surface area contributed by atoms with E-state index in [1.54, 1.807) is 6.92 Å². The normalized spacial score (nSPS) is 11.2. The van der Waals surface area contributed by atoms with Crippen molar-refractivity contribution in [2.75, 3.05) is 6.61 Å². The van der Waals surface area contributed by atoms with E-state index in [4.69, 9.17) is 4.74 Å². The van der Waals surface area contributed by atoms with Crippen LogP contribution in [-0.4, -0.2) is 12.6 Å². The van der Waals surface area contributed by atoms with Crippen molar-refractivity contribution in [3.05, 3.63) is 35.4 Å². The molecule has 0 aromatic heterocycles. The number of ether oxygens (including phenoxy) is 1. The molecule has 0 bridgehead atoms. The highest BCUT2D eigenvalue weighted by molar-refractivity contribution is 5.89. The molecule has 0 heterocycles. The fourth-order valence-electron chi connectivity index (χ4n) is 1.29. The average molecular weight is 228 g/mol. The molecule has 1 aromatic carbocycles. The molecule has 0 N–H and O–H groups in total. The Balaban J connectivity index is 3.00. The predicted molar refractivity (Wildman–Crippen MR) is 56.6 cm³/mol. The molecule has 16 heavy (non-hydrogen) atoms. The van der Waals surface area contributed by atoms with Crippen molar-refractivity contribution in [3.8, 4) is 0 Å². The highest BCUT2D eigenvalue weighted by atomic mass is 19.3. The second-order valence-corrected chi connectivity index (χ2v) is 3.36. The molecule has 2 nitrogen and oxygen atoms in total. The molecule has 1 rings (SSSR count). The van der Waals surface area contributed by atoms with E-state index in [1.807, 2.05) is 0 Å². The quantitative estimate of drug-likeness (QED) is 0.738. The lowest BCUT2D eigenvalue weighted by atomic mass is 10.0. The van der Waals surface area contributed by atoms with Crippen molar-refractivity contribution < 1.29 is 18.3 Å². The fourth-order valence-corrected chi connectivity index (χ4v) is 1.29. The first-order valence-electron chi connectivity index (χ1n) is 5.16. The number of carbonyl (C=O) groups excluding carboxylic acids is 1. The van der Waals surface area contributed by atoms with Crippen LogP contribution in [0.5, 0.6) is 0 Å². The molecule has 0 aliphatic heterocycles. The standard InChI is InChI=1S/C12H14F2O2/c1-3-12(13,14)10-7-5-6-9(8-10)11(15)16-4-2/h5-8H,3-4H2,1-2H3. The van der Waals surface area contributed by atoms with Gasteiger partial charge in [-0.1, -0.05) is 19.1 Å². The van der Waals surface area contributed by atoms with Crippen molar-refractivity contribution >= 4 is 5.97 Å². The van der Waals surface area contributed by atoms with Crippen molar-refractivity contribution in [2.45, 2.75) is 26.2 Å². The lowest BCUT2D eigenvalue weighted by Crippen LogP contribution is -2.13. The molecule has 0 aliphatic carbocycles. The lowest BCUT2D eigenvalue weighted by Gasteiger charge is -2.14. The molecule has 0 amide bonds. The highest BCUT2D eigenvalue weighted by Gasteiger charge is 2.29. The van der Waals surface area contributed by atoms with Crippen LogP contribution >= 0.6 is 0 Å².